The van der Waals surface area contributed by atoms with Crippen molar-refractivity contribution in [1.29, 1.82) is 0 Å². The molecule has 1 aliphatic rings. The van der Waals surface area contributed by atoms with Gasteiger partial charge in [-0.25, -0.2) is 4.79 Å². The van der Waals surface area contributed by atoms with Crippen LogP contribution in [0.25, 0.3) is 0 Å². The number of anilines is 1. The molecule has 98 valence electrons. The van der Waals surface area contributed by atoms with E-state index in [-0.39, 0.29) is 18.2 Å². The van der Waals surface area contributed by atoms with E-state index in [2.05, 4.69) is 26.6 Å². The average molecular weight is 313 g/mol. The highest BCUT2D eigenvalue weighted by atomic mass is 79.9. The Kier molecular flexibility index (Phi) is 4.60. The van der Waals surface area contributed by atoms with Gasteiger partial charge in [0.2, 0.25) is 0 Å². The van der Waals surface area contributed by atoms with Gasteiger partial charge in [0.25, 0.3) is 0 Å². The molecular weight excluding hydrogens is 296 g/mol. The summed E-state index contributed by atoms with van der Waals surface area (Å²) in [5.74, 6) is 0. The van der Waals surface area contributed by atoms with Crippen molar-refractivity contribution in [3.8, 4) is 0 Å². The number of nitrogens with one attached hydrogen (secondary N) is 2. The van der Waals surface area contributed by atoms with Crippen LogP contribution in [0.1, 0.15) is 19.8 Å². The number of rotatable bonds is 3. The van der Waals surface area contributed by atoms with Crippen LogP contribution in [0.2, 0.25) is 0 Å². The maximum absolute atomic E-state index is 11.8. The maximum atomic E-state index is 11.8. The first-order valence-electron chi connectivity index (χ1n) is 6.10. The van der Waals surface area contributed by atoms with Gasteiger partial charge in [-0.3, -0.25) is 0 Å². The molecule has 1 heterocycles. The standard InChI is InChI=1S/C13H17BrN2O2/c1-9(12-3-2-8-18-12)15-13(17)16-11-6-4-10(14)5-7-11/h4-7,9,12H,2-3,8H2,1H3,(H2,15,16,17)/t9-,12+/m1/s1. The molecule has 1 aromatic rings. The summed E-state index contributed by atoms with van der Waals surface area (Å²) < 4.78 is 6.52. The van der Waals surface area contributed by atoms with E-state index in [1.165, 1.54) is 0 Å². The number of carbonyl (C=O) groups is 1. The third kappa shape index (κ3) is 3.71. The molecule has 5 heteroatoms. The first-order valence-corrected chi connectivity index (χ1v) is 6.89. The van der Waals surface area contributed by atoms with Crippen molar-refractivity contribution in [3.63, 3.8) is 0 Å². The van der Waals surface area contributed by atoms with Crippen molar-refractivity contribution in [1.82, 2.24) is 5.32 Å². The zero-order chi connectivity index (χ0) is 13.0. The van der Waals surface area contributed by atoms with E-state index in [9.17, 15) is 4.79 Å². The molecule has 0 unspecified atom stereocenters. The Bertz CT molecular complexity index is 402. The van der Waals surface area contributed by atoms with Crippen LogP contribution in [0.5, 0.6) is 0 Å². The lowest BCUT2D eigenvalue weighted by atomic mass is 10.1. The normalized spacial score (nSPS) is 20.4. The molecule has 18 heavy (non-hydrogen) atoms. The summed E-state index contributed by atoms with van der Waals surface area (Å²) >= 11 is 3.35. The molecule has 2 rings (SSSR count). The van der Waals surface area contributed by atoms with Crippen molar-refractivity contribution in [2.75, 3.05) is 11.9 Å². The minimum atomic E-state index is -0.194. The fourth-order valence-electron chi connectivity index (χ4n) is 2.00. The summed E-state index contributed by atoms with van der Waals surface area (Å²) in [6.07, 6.45) is 2.23. The first kappa shape index (κ1) is 13.4. The van der Waals surface area contributed by atoms with Gasteiger partial charge in [-0.2, -0.15) is 0 Å². The zero-order valence-corrected chi connectivity index (χ0v) is 11.9. The van der Waals surface area contributed by atoms with E-state index >= 15 is 0 Å². The minimum Gasteiger partial charge on any atom is -0.376 e. The van der Waals surface area contributed by atoms with Gasteiger partial charge in [0, 0.05) is 16.8 Å². The Labute approximate surface area is 115 Å². The first-order chi connectivity index (χ1) is 8.65. The van der Waals surface area contributed by atoms with Crippen molar-refractivity contribution < 1.29 is 9.53 Å². The molecule has 0 spiro atoms. The van der Waals surface area contributed by atoms with Gasteiger partial charge in [0.1, 0.15) is 0 Å². The molecule has 1 aromatic carbocycles. The number of halogens is 1. The second-order valence-corrected chi connectivity index (χ2v) is 5.36. The smallest absolute Gasteiger partial charge is 0.319 e. The Morgan fingerprint density at radius 3 is 2.78 bits per heavy atom. The Hall–Kier alpha value is -1.07. The van der Waals surface area contributed by atoms with Crippen LogP contribution in [0.15, 0.2) is 28.7 Å². The number of urea groups is 1. The molecule has 1 fully saturated rings. The molecule has 2 N–H and O–H groups in total. The second-order valence-electron chi connectivity index (χ2n) is 4.45. The van der Waals surface area contributed by atoms with E-state index in [0.717, 1.165) is 29.6 Å². The average Bonchev–Trinajstić information content (AvgIpc) is 2.85. The fourth-order valence-corrected chi connectivity index (χ4v) is 2.26. The lowest BCUT2D eigenvalue weighted by molar-refractivity contribution is 0.0868. The molecule has 0 bridgehead atoms. The highest BCUT2D eigenvalue weighted by molar-refractivity contribution is 9.10. The monoisotopic (exact) mass is 312 g/mol. The number of hydrogen-bond acceptors (Lipinski definition) is 2. The van der Waals surface area contributed by atoms with Crippen LogP contribution < -0.4 is 10.6 Å². The van der Waals surface area contributed by atoms with Crippen molar-refractivity contribution in [3.05, 3.63) is 28.7 Å². The summed E-state index contributed by atoms with van der Waals surface area (Å²) in [6, 6.07) is 7.31. The van der Waals surface area contributed by atoms with Gasteiger partial charge >= 0.3 is 6.03 Å². The van der Waals surface area contributed by atoms with Crippen LogP contribution in [0, 0.1) is 0 Å². The van der Waals surface area contributed by atoms with Crippen molar-refractivity contribution in [2.24, 2.45) is 0 Å². The topological polar surface area (TPSA) is 50.4 Å². The van der Waals surface area contributed by atoms with E-state index in [1.807, 2.05) is 31.2 Å². The summed E-state index contributed by atoms with van der Waals surface area (Å²) in [6.45, 7) is 2.77. The predicted octanol–water partition coefficient (Wildman–Crippen LogP) is 3.14. The Morgan fingerprint density at radius 2 is 2.17 bits per heavy atom. The van der Waals surface area contributed by atoms with Crippen LogP contribution >= 0.6 is 15.9 Å². The SMILES string of the molecule is C[C@@H](NC(=O)Nc1ccc(Br)cc1)[C@@H]1CCCO1. The lowest BCUT2D eigenvalue weighted by Crippen LogP contribution is -2.42. The van der Waals surface area contributed by atoms with Crippen molar-refractivity contribution in [2.45, 2.75) is 31.9 Å². The molecule has 1 saturated heterocycles. The third-order valence-corrected chi connectivity index (χ3v) is 3.51. The molecule has 2 atom stereocenters. The largest absolute Gasteiger partial charge is 0.376 e. The molecule has 0 saturated carbocycles. The Morgan fingerprint density at radius 1 is 1.44 bits per heavy atom. The molecule has 1 aliphatic heterocycles. The van der Waals surface area contributed by atoms with Crippen LogP contribution in [0.3, 0.4) is 0 Å². The van der Waals surface area contributed by atoms with E-state index < -0.39 is 0 Å². The molecule has 0 aliphatic carbocycles. The third-order valence-electron chi connectivity index (χ3n) is 2.98. The zero-order valence-electron chi connectivity index (χ0n) is 10.3. The summed E-state index contributed by atoms with van der Waals surface area (Å²) in [5.41, 5.74) is 0.773. The highest BCUT2D eigenvalue weighted by Gasteiger charge is 2.23. The fraction of sp³-hybridized carbons (Fsp3) is 0.462. The number of ether oxygens (including phenoxy) is 1. The molecular formula is C13H17BrN2O2. The van der Waals surface area contributed by atoms with Gasteiger partial charge < -0.3 is 15.4 Å². The maximum Gasteiger partial charge on any atom is 0.319 e. The van der Waals surface area contributed by atoms with Crippen LogP contribution in [0.4, 0.5) is 10.5 Å². The van der Waals surface area contributed by atoms with Gasteiger partial charge in [-0.1, -0.05) is 15.9 Å². The summed E-state index contributed by atoms with van der Waals surface area (Å²) in [4.78, 5) is 11.8. The molecule has 0 radical (unpaired) electrons. The van der Waals surface area contributed by atoms with E-state index in [0.29, 0.717) is 0 Å². The van der Waals surface area contributed by atoms with E-state index in [1.54, 1.807) is 0 Å². The van der Waals surface area contributed by atoms with Gasteiger partial charge in [-0.15, -0.1) is 0 Å². The lowest BCUT2D eigenvalue weighted by Gasteiger charge is -2.20. The van der Waals surface area contributed by atoms with E-state index in [4.69, 9.17) is 4.74 Å². The van der Waals surface area contributed by atoms with Gasteiger partial charge in [0.15, 0.2) is 0 Å². The number of carbonyl (C=O) groups excluding carboxylic acids is 1. The van der Waals surface area contributed by atoms with Crippen molar-refractivity contribution >= 4 is 27.6 Å². The highest BCUT2D eigenvalue weighted by Crippen LogP contribution is 2.16. The molecule has 4 nitrogen and oxygen atoms in total. The Balaban J connectivity index is 1.82. The van der Waals surface area contributed by atoms with Crippen LogP contribution in [-0.2, 0) is 4.74 Å². The predicted molar refractivity (Wildman–Crippen MR) is 74.7 cm³/mol. The second kappa shape index (κ2) is 6.20. The minimum absolute atomic E-state index is 0.0305. The van der Waals surface area contributed by atoms with Crippen LogP contribution in [-0.4, -0.2) is 24.8 Å². The molecule has 0 aromatic heterocycles. The molecule has 2 amide bonds. The number of amides is 2. The quantitative estimate of drug-likeness (QED) is 0.901. The van der Waals surface area contributed by atoms with Gasteiger partial charge in [0.05, 0.1) is 12.1 Å². The number of hydrogen-bond donors (Lipinski definition) is 2. The van der Waals surface area contributed by atoms with Gasteiger partial charge in [-0.05, 0) is 44.0 Å². The number of benzene rings is 1. The summed E-state index contributed by atoms with van der Waals surface area (Å²) in [5, 5.41) is 5.70. The summed E-state index contributed by atoms with van der Waals surface area (Å²) in [7, 11) is 0.